The van der Waals surface area contributed by atoms with Crippen LogP contribution in [0.2, 0.25) is 0 Å². The normalized spacial score (nSPS) is 10.4. The van der Waals surface area contributed by atoms with Crippen LogP contribution in [0.4, 0.5) is 0 Å². The van der Waals surface area contributed by atoms with Gasteiger partial charge in [0, 0.05) is 10.2 Å². The van der Waals surface area contributed by atoms with Crippen molar-refractivity contribution in [3.8, 4) is 0 Å². The lowest BCUT2D eigenvalue weighted by Crippen LogP contribution is -2.08. The minimum atomic E-state index is -0.364. The average molecular weight is 337 g/mol. The SMILES string of the molecule is Cc1cc(C(=O)OCCBr)cc(C)c1SOOO. The highest BCUT2D eigenvalue weighted by Crippen LogP contribution is 2.28. The monoisotopic (exact) mass is 336 g/mol. The first-order valence-electron chi connectivity index (χ1n) is 5.09. The van der Waals surface area contributed by atoms with Gasteiger partial charge in [-0.25, -0.2) is 10.1 Å². The summed E-state index contributed by atoms with van der Waals surface area (Å²) in [5.74, 6) is -0.364. The smallest absolute Gasteiger partial charge is 0.338 e. The number of carbonyl (C=O) groups excluding carboxylic acids is 1. The molecule has 0 aromatic heterocycles. The largest absolute Gasteiger partial charge is 0.461 e. The van der Waals surface area contributed by atoms with E-state index in [1.165, 1.54) is 0 Å². The maximum Gasteiger partial charge on any atom is 0.338 e. The number of esters is 1. The van der Waals surface area contributed by atoms with Crippen LogP contribution in [0.3, 0.4) is 0 Å². The van der Waals surface area contributed by atoms with Crippen LogP contribution < -0.4 is 0 Å². The summed E-state index contributed by atoms with van der Waals surface area (Å²) in [5.41, 5.74) is 2.16. The van der Waals surface area contributed by atoms with Crippen LogP contribution in [0.1, 0.15) is 21.5 Å². The number of carbonyl (C=O) groups is 1. The Morgan fingerprint density at radius 3 is 2.50 bits per heavy atom. The maximum atomic E-state index is 11.7. The summed E-state index contributed by atoms with van der Waals surface area (Å²) in [4.78, 5) is 12.5. The second-order valence-electron chi connectivity index (χ2n) is 3.49. The average Bonchev–Trinajstić information content (AvgIpc) is 2.34. The van der Waals surface area contributed by atoms with Gasteiger partial charge in [0.2, 0.25) is 0 Å². The standard InChI is InChI=1S/C11H13BrO5S/c1-7-5-9(11(13)15-4-3-12)6-8(2)10(7)18-17-16-14/h5-6,14H,3-4H2,1-2H3. The Morgan fingerprint density at radius 2 is 2.00 bits per heavy atom. The quantitative estimate of drug-likeness (QED) is 0.283. The highest BCUT2D eigenvalue weighted by molar-refractivity contribution is 9.09. The van der Waals surface area contributed by atoms with Gasteiger partial charge in [-0.2, -0.15) is 0 Å². The number of rotatable bonds is 6. The molecule has 0 aliphatic carbocycles. The molecule has 0 aliphatic rings. The number of alkyl halides is 1. The molecule has 1 N–H and O–H groups in total. The van der Waals surface area contributed by atoms with E-state index >= 15 is 0 Å². The van der Waals surface area contributed by atoms with Gasteiger partial charge in [-0.05, 0) is 37.1 Å². The van der Waals surface area contributed by atoms with E-state index in [9.17, 15) is 4.79 Å². The third-order valence-electron chi connectivity index (χ3n) is 2.15. The molecule has 1 aromatic rings. The summed E-state index contributed by atoms with van der Waals surface area (Å²) >= 11 is 4.06. The van der Waals surface area contributed by atoms with Gasteiger partial charge in [0.15, 0.2) is 0 Å². The Hall–Kier alpha value is -0.600. The van der Waals surface area contributed by atoms with Crippen LogP contribution in [-0.2, 0) is 14.1 Å². The fourth-order valence-electron chi connectivity index (χ4n) is 1.46. The Bertz CT molecular complexity index is 401. The van der Waals surface area contributed by atoms with Crippen molar-refractivity contribution in [2.45, 2.75) is 18.7 Å². The fraction of sp³-hybridized carbons (Fsp3) is 0.364. The summed E-state index contributed by atoms with van der Waals surface area (Å²) < 4.78 is 9.42. The molecule has 0 amide bonds. The minimum Gasteiger partial charge on any atom is -0.461 e. The molecule has 7 heteroatoms. The number of aryl methyl sites for hydroxylation is 2. The topological polar surface area (TPSA) is 65.0 Å². The van der Waals surface area contributed by atoms with Crippen molar-refractivity contribution < 1.29 is 24.2 Å². The van der Waals surface area contributed by atoms with E-state index in [0.717, 1.165) is 28.1 Å². The lowest BCUT2D eigenvalue weighted by atomic mass is 10.1. The molecule has 0 unspecified atom stereocenters. The molecule has 0 fully saturated rings. The predicted octanol–water partition coefficient (Wildman–Crippen LogP) is 3.28. The predicted molar refractivity (Wildman–Crippen MR) is 70.6 cm³/mol. The Morgan fingerprint density at radius 1 is 1.39 bits per heavy atom. The van der Waals surface area contributed by atoms with Gasteiger partial charge in [-0.15, -0.1) is 4.33 Å². The zero-order valence-electron chi connectivity index (χ0n) is 9.94. The minimum absolute atomic E-state index is 0.328. The molecule has 0 saturated carbocycles. The second kappa shape index (κ2) is 7.75. The van der Waals surface area contributed by atoms with Crippen LogP contribution in [0.15, 0.2) is 17.0 Å². The molecule has 0 atom stereocenters. The number of hydrogen-bond acceptors (Lipinski definition) is 6. The van der Waals surface area contributed by atoms with Crippen molar-refractivity contribution in [3.05, 3.63) is 28.8 Å². The van der Waals surface area contributed by atoms with Crippen LogP contribution in [0.5, 0.6) is 0 Å². The zero-order chi connectivity index (χ0) is 13.5. The van der Waals surface area contributed by atoms with Crippen molar-refractivity contribution in [2.24, 2.45) is 0 Å². The first kappa shape index (κ1) is 15.5. The van der Waals surface area contributed by atoms with Crippen molar-refractivity contribution in [1.82, 2.24) is 0 Å². The van der Waals surface area contributed by atoms with Gasteiger partial charge in [0.1, 0.15) is 6.61 Å². The molecule has 0 saturated heterocycles. The molecule has 0 spiro atoms. The summed E-state index contributed by atoms with van der Waals surface area (Å²) in [5, 5.41) is 12.3. The first-order chi connectivity index (χ1) is 8.60. The van der Waals surface area contributed by atoms with Gasteiger partial charge in [0.05, 0.1) is 17.6 Å². The number of benzene rings is 1. The Labute approximate surface area is 118 Å². The van der Waals surface area contributed by atoms with Crippen molar-refractivity contribution >= 4 is 33.9 Å². The molecule has 0 bridgehead atoms. The third kappa shape index (κ3) is 4.25. The molecule has 1 aromatic carbocycles. The fourth-order valence-corrected chi connectivity index (χ4v) is 2.10. The van der Waals surface area contributed by atoms with Crippen molar-refractivity contribution in [2.75, 3.05) is 11.9 Å². The van der Waals surface area contributed by atoms with E-state index in [4.69, 9.17) is 9.99 Å². The summed E-state index contributed by atoms with van der Waals surface area (Å²) in [7, 11) is 0. The van der Waals surface area contributed by atoms with Gasteiger partial charge >= 0.3 is 5.97 Å². The van der Waals surface area contributed by atoms with E-state index in [1.807, 2.05) is 13.8 Å². The maximum absolute atomic E-state index is 11.7. The third-order valence-corrected chi connectivity index (χ3v) is 3.42. The molecular weight excluding hydrogens is 324 g/mol. The van der Waals surface area contributed by atoms with Crippen LogP contribution >= 0.6 is 28.0 Å². The number of hydrogen-bond donors (Lipinski definition) is 1. The first-order valence-corrected chi connectivity index (χ1v) is 6.95. The molecule has 0 radical (unpaired) electrons. The summed E-state index contributed by atoms with van der Waals surface area (Å²) in [6.45, 7) is 3.99. The molecular formula is C11H13BrO5S. The lowest BCUT2D eigenvalue weighted by molar-refractivity contribution is -0.432. The summed E-state index contributed by atoms with van der Waals surface area (Å²) in [6, 6.07) is 3.40. The van der Waals surface area contributed by atoms with Crippen molar-refractivity contribution in [3.63, 3.8) is 0 Å². The second-order valence-corrected chi connectivity index (χ2v) is 4.99. The van der Waals surface area contributed by atoms with Gasteiger partial charge < -0.3 is 4.74 Å². The zero-order valence-corrected chi connectivity index (χ0v) is 12.3. The van der Waals surface area contributed by atoms with Gasteiger partial charge in [0.25, 0.3) is 0 Å². The van der Waals surface area contributed by atoms with E-state index in [0.29, 0.717) is 17.5 Å². The van der Waals surface area contributed by atoms with E-state index in [2.05, 4.69) is 25.3 Å². The van der Waals surface area contributed by atoms with Gasteiger partial charge in [-0.3, -0.25) is 0 Å². The molecule has 18 heavy (non-hydrogen) atoms. The molecule has 1 rings (SSSR count). The van der Waals surface area contributed by atoms with E-state index < -0.39 is 0 Å². The van der Waals surface area contributed by atoms with Crippen LogP contribution in [0.25, 0.3) is 0 Å². The lowest BCUT2D eigenvalue weighted by Gasteiger charge is -2.10. The molecule has 100 valence electrons. The summed E-state index contributed by atoms with van der Waals surface area (Å²) in [6.07, 6.45) is 0. The Balaban J connectivity index is 2.88. The highest BCUT2D eigenvalue weighted by atomic mass is 79.9. The van der Waals surface area contributed by atoms with Crippen LogP contribution in [-0.4, -0.2) is 23.2 Å². The highest BCUT2D eigenvalue weighted by Gasteiger charge is 2.13. The van der Waals surface area contributed by atoms with Crippen molar-refractivity contribution in [1.29, 1.82) is 0 Å². The molecule has 0 heterocycles. The molecule has 5 nitrogen and oxygen atoms in total. The number of ether oxygens (including phenoxy) is 1. The van der Waals surface area contributed by atoms with E-state index in [1.54, 1.807) is 12.1 Å². The van der Waals surface area contributed by atoms with Crippen LogP contribution in [0, 0.1) is 13.8 Å². The molecule has 0 aliphatic heterocycles. The number of halogens is 1. The van der Waals surface area contributed by atoms with Gasteiger partial charge in [-0.1, -0.05) is 21.0 Å². The van der Waals surface area contributed by atoms with E-state index in [-0.39, 0.29) is 5.97 Å². The Kier molecular flexibility index (Phi) is 6.66.